The van der Waals surface area contributed by atoms with Crippen LogP contribution >= 0.6 is 0 Å². The Kier molecular flexibility index (Phi) is 4.89. The zero-order valence-electron chi connectivity index (χ0n) is 15.5. The Labute approximate surface area is 159 Å². The number of nitrogens with zero attached hydrogens (tertiary/aromatic N) is 1. The Bertz CT molecular complexity index is 784. The maximum Gasteiger partial charge on any atom is 0.348 e. The lowest BCUT2D eigenvalue weighted by Crippen LogP contribution is -2.53. The van der Waals surface area contributed by atoms with E-state index in [0.717, 1.165) is 32.5 Å². The average Bonchev–Trinajstić information content (AvgIpc) is 2.74. The summed E-state index contributed by atoms with van der Waals surface area (Å²) in [6.07, 6.45) is 1.93. The van der Waals surface area contributed by atoms with E-state index in [1.807, 2.05) is 18.2 Å². The molecule has 2 atom stereocenters. The van der Waals surface area contributed by atoms with Crippen molar-refractivity contribution in [3.05, 3.63) is 65.7 Å². The van der Waals surface area contributed by atoms with Gasteiger partial charge in [0.05, 0.1) is 7.11 Å². The van der Waals surface area contributed by atoms with Gasteiger partial charge in [0, 0.05) is 6.54 Å². The average molecular weight is 367 g/mol. The van der Waals surface area contributed by atoms with Gasteiger partial charge >= 0.3 is 5.97 Å². The van der Waals surface area contributed by atoms with E-state index >= 15 is 0 Å². The Morgan fingerprint density at radius 2 is 1.67 bits per heavy atom. The first-order chi connectivity index (χ1) is 13.1. The monoisotopic (exact) mass is 367 g/mol. The first kappa shape index (κ1) is 18.0. The number of ether oxygens (including phenoxy) is 2. The summed E-state index contributed by atoms with van der Waals surface area (Å²) >= 11 is 0. The number of carbonyl (C=O) groups excluding carboxylic acids is 1. The minimum Gasteiger partial charge on any atom is -0.497 e. The first-order valence-electron chi connectivity index (χ1n) is 9.47. The molecule has 2 bridgehead atoms. The normalized spacial score (nSPS) is 26.2. The van der Waals surface area contributed by atoms with E-state index in [2.05, 4.69) is 4.90 Å². The summed E-state index contributed by atoms with van der Waals surface area (Å²) in [6.45, 7) is 2.89. The molecule has 27 heavy (non-hydrogen) atoms. The molecule has 3 fully saturated rings. The number of hydrogen-bond donors (Lipinski definition) is 1. The van der Waals surface area contributed by atoms with Crippen molar-refractivity contribution in [2.24, 2.45) is 5.92 Å². The van der Waals surface area contributed by atoms with Crippen LogP contribution in [0.25, 0.3) is 0 Å². The lowest BCUT2D eigenvalue weighted by molar-refractivity contribution is -0.177. The number of esters is 1. The van der Waals surface area contributed by atoms with Crippen molar-refractivity contribution < 1.29 is 19.4 Å². The third-order valence-corrected chi connectivity index (χ3v) is 5.85. The quantitative estimate of drug-likeness (QED) is 0.823. The van der Waals surface area contributed by atoms with Gasteiger partial charge in [0.1, 0.15) is 11.9 Å². The van der Waals surface area contributed by atoms with Crippen molar-refractivity contribution in [2.75, 3.05) is 26.7 Å². The SMILES string of the molecule is COc1ccc([C@@](O)(C(=O)OC2CN3CCC2CC3)c2ccccc2)cc1. The highest BCUT2D eigenvalue weighted by molar-refractivity contribution is 5.85. The van der Waals surface area contributed by atoms with E-state index in [1.165, 1.54) is 0 Å². The summed E-state index contributed by atoms with van der Waals surface area (Å²) in [7, 11) is 1.58. The molecule has 142 valence electrons. The van der Waals surface area contributed by atoms with Gasteiger partial charge in [-0.15, -0.1) is 0 Å². The second-order valence-corrected chi connectivity index (χ2v) is 7.39. The maximum absolute atomic E-state index is 13.2. The summed E-state index contributed by atoms with van der Waals surface area (Å²) in [5.74, 6) is 0.437. The Morgan fingerprint density at radius 1 is 1.04 bits per heavy atom. The summed E-state index contributed by atoms with van der Waals surface area (Å²) in [4.78, 5) is 15.6. The molecular weight excluding hydrogens is 342 g/mol. The molecule has 0 aromatic heterocycles. The van der Waals surface area contributed by atoms with Crippen molar-refractivity contribution in [2.45, 2.75) is 24.5 Å². The van der Waals surface area contributed by atoms with Crippen LogP contribution < -0.4 is 4.74 Å². The largest absolute Gasteiger partial charge is 0.497 e. The molecule has 2 aromatic rings. The zero-order valence-corrected chi connectivity index (χ0v) is 15.5. The van der Waals surface area contributed by atoms with Crippen LogP contribution in [0.3, 0.4) is 0 Å². The van der Waals surface area contributed by atoms with E-state index in [1.54, 1.807) is 43.5 Å². The van der Waals surface area contributed by atoms with Gasteiger partial charge in [0.15, 0.2) is 0 Å². The molecule has 5 heteroatoms. The summed E-state index contributed by atoms with van der Waals surface area (Å²) < 4.78 is 11.1. The number of methoxy groups -OCH3 is 1. The second-order valence-electron chi connectivity index (χ2n) is 7.39. The number of aliphatic hydroxyl groups is 1. The number of carbonyl (C=O) groups is 1. The van der Waals surface area contributed by atoms with E-state index in [0.29, 0.717) is 22.8 Å². The van der Waals surface area contributed by atoms with Gasteiger partial charge in [-0.05, 0) is 55.1 Å². The molecule has 0 saturated carbocycles. The highest BCUT2D eigenvalue weighted by atomic mass is 16.6. The Morgan fingerprint density at radius 3 is 2.22 bits per heavy atom. The molecule has 2 aromatic carbocycles. The standard InChI is InChI=1S/C22H25NO4/c1-26-19-9-7-18(8-10-19)22(25,17-5-3-2-4-6-17)21(24)27-20-15-23-13-11-16(20)12-14-23/h2-10,16,20,25H,11-15H2,1H3/t20?,22-/m1/s1. The zero-order chi connectivity index (χ0) is 18.9. The van der Waals surface area contributed by atoms with Gasteiger partial charge in [0.25, 0.3) is 0 Å². The molecule has 0 amide bonds. The lowest BCUT2D eigenvalue weighted by atomic mass is 9.84. The second kappa shape index (κ2) is 7.33. The molecule has 5 nitrogen and oxygen atoms in total. The number of rotatable bonds is 5. The number of piperidine rings is 3. The van der Waals surface area contributed by atoms with Crippen LogP contribution in [0.5, 0.6) is 5.75 Å². The van der Waals surface area contributed by atoms with E-state index in [-0.39, 0.29) is 6.10 Å². The topological polar surface area (TPSA) is 59.0 Å². The fraction of sp³-hybridized carbons (Fsp3) is 0.409. The van der Waals surface area contributed by atoms with Crippen LogP contribution in [-0.4, -0.2) is 48.8 Å². The van der Waals surface area contributed by atoms with Gasteiger partial charge in [0.2, 0.25) is 5.60 Å². The van der Waals surface area contributed by atoms with Crippen LogP contribution in [-0.2, 0) is 15.1 Å². The third kappa shape index (κ3) is 3.33. The predicted octanol–water partition coefficient (Wildman–Crippen LogP) is 2.57. The Hall–Kier alpha value is -2.37. The molecule has 3 heterocycles. The van der Waals surface area contributed by atoms with E-state index in [9.17, 15) is 9.90 Å². The van der Waals surface area contributed by atoms with Gasteiger partial charge in [-0.25, -0.2) is 4.79 Å². The van der Waals surface area contributed by atoms with Crippen LogP contribution in [0.1, 0.15) is 24.0 Å². The maximum atomic E-state index is 13.2. The van der Waals surface area contributed by atoms with Crippen molar-refractivity contribution >= 4 is 5.97 Å². The molecule has 0 spiro atoms. The summed E-state index contributed by atoms with van der Waals surface area (Å²) in [6, 6.07) is 15.9. The molecular formula is C22H25NO4. The fourth-order valence-electron chi connectivity index (χ4n) is 4.18. The molecule has 3 saturated heterocycles. The first-order valence-corrected chi connectivity index (χ1v) is 9.47. The van der Waals surface area contributed by atoms with Gasteiger partial charge in [-0.2, -0.15) is 0 Å². The number of hydrogen-bond acceptors (Lipinski definition) is 5. The molecule has 5 rings (SSSR count). The molecule has 0 aliphatic carbocycles. The van der Waals surface area contributed by atoms with E-state index < -0.39 is 11.6 Å². The fourth-order valence-corrected chi connectivity index (χ4v) is 4.18. The smallest absolute Gasteiger partial charge is 0.348 e. The van der Waals surface area contributed by atoms with Crippen LogP contribution in [0.15, 0.2) is 54.6 Å². The van der Waals surface area contributed by atoms with E-state index in [4.69, 9.17) is 9.47 Å². The number of benzene rings is 2. The lowest BCUT2D eigenvalue weighted by Gasteiger charge is -2.44. The van der Waals surface area contributed by atoms with Gasteiger partial charge < -0.3 is 14.6 Å². The summed E-state index contributed by atoms with van der Waals surface area (Å²) in [5, 5.41) is 11.6. The minimum atomic E-state index is -1.85. The highest BCUT2D eigenvalue weighted by Gasteiger charge is 2.45. The molecule has 1 N–H and O–H groups in total. The van der Waals surface area contributed by atoms with Crippen molar-refractivity contribution in [3.63, 3.8) is 0 Å². The van der Waals surface area contributed by atoms with Gasteiger partial charge in [-0.1, -0.05) is 42.5 Å². The number of fused-ring (bicyclic) bond motifs is 3. The molecule has 3 aliphatic rings. The molecule has 0 radical (unpaired) electrons. The van der Waals surface area contributed by atoms with Crippen molar-refractivity contribution in [1.82, 2.24) is 4.90 Å². The van der Waals surface area contributed by atoms with Gasteiger partial charge in [-0.3, -0.25) is 4.90 Å². The Balaban J connectivity index is 1.66. The van der Waals surface area contributed by atoms with Crippen LogP contribution in [0, 0.1) is 5.92 Å². The summed E-state index contributed by atoms with van der Waals surface area (Å²) in [5.41, 5.74) is -0.873. The van der Waals surface area contributed by atoms with Crippen LogP contribution in [0.2, 0.25) is 0 Å². The van der Waals surface area contributed by atoms with Crippen molar-refractivity contribution in [3.8, 4) is 5.75 Å². The highest BCUT2D eigenvalue weighted by Crippen LogP contribution is 2.35. The minimum absolute atomic E-state index is 0.159. The third-order valence-electron chi connectivity index (χ3n) is 5.85. The predicted molar refractivity (Wildman–Crippen MR) is 101 cm³/mol. The molecule has 1 unspecified atom stereocenters. The molecule has 3 aliphatic heterocycles. The van der Waals surface area contributed by atoms with Crippen molar-refractivity contribution in [1.29, 1.82) is 0 Å². The van der Waals surface area contributed by atoms with Crippen LogP contribution in [0.4, 0.5) is 0 Å².